The fourth-order valence-electron chi connectivity index (χ4n) is 1.75. The first-order valence-electron chi connectivity index (χ1n) is 5.88. The molecule has 1 aromatic carbocycles. The highest BCUT2D eigenvalue weighted by molar-refractivity contribution is 6.31. The van der Waals surface area contributed by atoms with E-state index in [-0.39, 0.29) is 5.69 Å². The lowest BCUT2D eigenvalue weighted by atomic mass is 10.3. The van der Waals surface area contributed by atoms with Gasteiger partial charge in [0, 0.05) is 17.0 Å². The molecule has 1 aromatic heterocycles. The van der Waals surface area contributed by atoms with Gasteiger partial charge in [-0.2, -0.15) is 0 Å². The van der Waals surface area contributed by atoms with E-state index >= 15 is 0 Å². The van der Waals surface area contributed by atoms with Gasteiger partial charge in [0.1, 0.15) is 22.6 Å². The van der Waals surface area contributed by atoms with Crippen LogP contribution in [0, 0.1) is 5.82 Å². The molecule has 6 heteroatoms. The van der Waals surface area contributed by atoms with Crippen LogP contribution in [0.1, 0.15) is 24.6 Å². The summed E-state index contributed by atoms with van der Waals surface area (Å²) in [4.78, 5) is 8.52. The van der Waals surface area contributed by atoms with Crippen LogP contribution in [0.15, 0.2) is 24.3 Å². The van der Waals surface area contributed by atoms with E-state index in [1.165, 1.54) is 18.2 Å². The molecule has 3 rings (SSSR count). The third-order valence-corrected chi connectivity index (χ3v) is 3.27. The molecule has 1 fully saturated rings. The molecule has 0 bridgehead atoms. The van der Waals surface area contributed by atoms with Gasteiger partial charge in [0.15, 0.2) is 0 Å². The topological polar surface area (TPSA) is 37.8 Å². The standard InChI is InChI=1S/C13H10Cl2FN3/c14-8-3-4-9(16)10(5-8)17-12-6-11(15)18-13(19-12)7-1-2-7/h3-7H,1-2H2,(H,17,18,19). The molecule has 0 aliphatic heterocycles. The van der Waals surface area contributed by atoms with Gasteiger partial charge in [0.05, 0.1) is 5.69 Å². The molecule has 0 spiro atoms. The Bertz CT molecular complexity index is 629. The van der Waals surface area contributed by atoms with Crippen molar-refractivity contribution in [3.8, 4) is 0 Å². The minimum Gasteiger partial charge on any atom is -0.338 e. The highest BCUT2D eigenvalue weighted by Crippen LogP contribution is 2.39. The van der Waals surface area contributed by atoms with Gasteiger partial charge in [-0.1, -0.05) is 23.2 Å². The maximum Gasteiger partial charge on any atom is 0.146 e. The van der Waals surface area contributed by atoms with Crippen LogP contribution >= 0.6 is 23.2 Å². The van der Waals surface area contributed by atoms with Crippen molar-refractivity contribution in [2.75, 3.05) is 5.32 Å². The molecular weight excluding hydrogens is 288 g/mol. The van der Waals surface area contributed by atoms with Gasteiger partial charge in [0.2, 0.25) is 0 Å². The summed E-state index contributed by atoms with van der Waals surface area (Å²) in [5.74, 6) is 1.16. The van der Waals surface area contributed by atoms with E-state index < -0.39 is 5.82 Å². The van der Waals surface area contributed by atoms with E-state index in [2.05, 4.69) is 15.3 Å². The minimum atomic E-state index is -0.396. The average Bonchev–Trinajstić information content (AvgIpc) is 3.17. The number of rotatable bonds is 3. The Labute approximate surface area is 119 Å². The van der Waals surface area contributed by atoms with Crippen molar-refractivity contribution < 1.29 is 4.39 Å². The lowest BCUT2D eigenvalue weighted by Crippen LogP contribution is -2.01. The Morgan fingerprint density at radius 3 is 2.68 bits per heavy atom. The van der Waals surface area contributed by atoms with Gasteiger partial charge in [0.25, 0.3) is 0 Å². The summed E-state index contributed by atoms with van der Waals surface area (Å²) in [5.41, 5.74) is 0.268. The molecule has 1 aliphatic carbocycles. The van der Waals surface area contributed by atoms with Gasteiger partial charge in [-0.3, -0.25) is 0 Å². The molecule has 1 N–H and O–H groups in total. The van der Waals surface area contributed by atoms with Crippen molar-refractivity contribution in [2.45, 2.75) is 18.8 Å². The largest absolute Gasteiger partial charge is 0.338 e. The molecule has 98 valence electrons. The fourth-order valence-corrected chi connectivity index (χ4v) is 2.12. The van der Waals surface area contributed by atoms with E-state index in [0.717, 1.165) is 12.8 Å². The number of anilines is 2. The predicted molar refractivity (Wildman–Crippen MR) is 73.7 cm³/mol. The molecule has 19 heavy (non-hydrogen) atoms. The van der Waals surface area contributed by atoms with E-state index in [0.29, 0.717) is 27.7 Å². The predicted octanol–water partition coefficient (Wildman–Crippen LogP) is 4.54. The molecule has 1 aliphatic rings. The van der Waals surface area contributed by atoms with Crippen molar-refractivity contribution >= 4 is 34.7 Å². The lowest BCUT2D eigenvalue weighted by molar-refractivity contribution is 0.632. The number of benzene rings is 1. The molecule has 1 heterocycles. The first-order valence-corrected chi connectivity index (χ1v) is 6.64. The fraction of sp³-hybridized carbons (Fsp3) is 0.231. The van der Waals surface area contributed by atoms with E-state index in [4.69, 9.17) is 23.2 Å². The van der Waals surface area contributed by atoms with Crippen LogP contribution in [0.5, 0.6) is 0 Å². The molecule has 2 aromatic rings. The summed E-state index contributed by atoms with van der Waals surface area (Å²) < 4.78 is 13.6. The maximum absolute atomic E-state index is 13.6. The van der Waals surface area contributed by atoms with Gasteiger partial charge >= 0.3 is 0 Å². The smallest absolute Gasteiger partial charge is 0.146 e. The van der Waals surface area contributed by atoms with Gasteiger partial charge in [-0.05, 0) is 31.0 Å². The summed E-state index contributed by atoms with van der Waals surface area (Å²) in [6.07, 6.45) is 2.15. The van der Waals surface area contributed by atoms with Crippen LogP contribution in [-0.2, 0) is 0 Å². The number of halogens is 3. The first-order chi connectivity index (χ1) is 9.11. The number of nitrogens with one attached hydrogen (secondary N) is 1. The summed E-state index contributed by atoms with van der Waals surface area (Å²) in [7, 11) is 0. The van der Waals surface area contributed by atoms with E-state index in [9.17, 15) is 4.39 Å². The number of hydrogen-bond donors (Lipinski definition) is 1. The molecule has 0 saturated heterocycles. The highest BCUT2D eigenvalue weighted by Gasteiger charge is 2.27. The SMILES string of the molecule is Fc1ccc(Cl)cc1Nc1cc(Cl)nc(C2CC2)n1. The Hall–Kier alpha value is -1.39. The average molecular weight is 298 g/mol. The van der Waals surface area contributed by atoms with Crippen LogP contribution in [0.25, 0.3) is 0 Å². The van der Waals surface area contributed by atoms with Crippen LogP contribution in [0.3, 0.4) is 0 Å². The zero-order valence-electron chi connectivity index (χ0n) is 9.83. The van der Waals surface area contributed by atoms with Crippen LogP contribution < -0.4 is 5.32 Å². The first kappa shape index (κ1) is 12.6. The number of nitrogens with zero attached hydrogens (tertiary/aromatic N) is 2. The zero-order chi connectivity index (χ0) is 13.4. The van der Waals surface area contributed by atoms with E-state index in [1.807, 2.05) is 0 Å². The maximum atomic E-state index is 13.6. The van der Waals surface area contributed by atoms with Crippen LogP contribution in [-0.4, -0.2) is 9.97 Å². The number of hydrogen-bond acceptors (Lipinski definition) is 3. The molecule has 1 saturated carbocycles. The van der Waals surface area contributed by atoms with Crippen molar-refractivity contribution in [3.63, 3.8) is 0 Å². The quantitative estimate of drug-likeness (QED) is 0.845. The Morgan fingerprint density at radius 2 is 1.95 bits per heavy atom. The second-order valence-corrected chi connectivity index (χ2v) is 5.28. The minimum absolute atomic E-state index is 0.268. The normalized spacial score (nSPS) is 14.5. The molecule has 0 unspecified atom stereocenters. The second-order valence-electron chi connectivity index (χ2n) is 4.46. The highest BCUT2D eigenvalue weighted by atomic mass is 35.5. The monoisotopic (exact) mass is 297 g/mol. The van der Waals surface area contributed by atoms with Crippen molar-refractivity contribution in [3.05, 3.63) is 46.1 Å². The lowest BCUT2D eigenvalue weighted by Gasteiger charge is -2.09. The van der Waals surface area contributed by atoms with Crippen molar-refractivity contribution in [1.29, 1.82) is 0 Å². The second kappa shape index (κ2) is 4.94. The van der Waals surface area contributed by atoms with Crippen molar-refractivity contribution in [1.82, 2.24) is 9.97 Å². The Kier molecular flexibility index (Phi) is 3.29. The van der Waals surface area contributed by atoms with Gasteiger partial charge in [-0.15, -0.1) is 0 Å². The van der Waals surface area contributed by atoms with Crippen LogP contribution in [0.2, 0.25) is 10.2 Å². The van der Waals surface area contributed by atoms with Gasteiger partial charge < -0.3 is 5.32 Å². The van der Waals surface area contributed by atoms with Crippen LogP contribution in [0.4, 0.5) is 15.9 Å². The Balaban J connectivity index is 1.92. The molecule has 0 radical (unpaired) electrons. The number of aromatic nitrogens is 2. The summed E-state index contributed by atoms with van der Waals surface area (Å²) in [6.45, 7) is 0. The third kappa shape index (κ3) is 2.96. The Morgan fingerprint density at radius 1 is 1.16 bits per heavy atom. The molecule has 0 amide bonds. The van der Waals surface area contributed by atoms with E-state index in [1.54, 1.807) is 6.07 Å². The zero-order valence-corrected chi connectivity index (χ0v) is 11.3. The van der Waals surface area contributed by atoms with Crippen molar-refractivity contribution in [2.24, 2.45) is 0 Å². The molecule has 3 nitrogen and oxygen atoms in total. The third-order valence-electron chi connectivity index (χ3n) is 2.85. The molecular formula is C13H10Cl2FN3. The summed E-state index contributed by atoms with van der Waals surface area (Å²) in [6, 6.07) is 5.86. The summed E-state index contributed by atoms with van der Waals surface area (Å²) in [5, 5.41) is 3.68. The molecule has 0 atom stereocenters. The summed E-state index contributed by atoms with van der Waals surface area (Å²) >= 11 is 11.8. The van der Waals surface area contributed by atoms with Gasteiger partial charge in [-0.25, -0.2) is 14.4 Å².